The van der Waals surface area contributed by atoms with Crippen molar-refractivity contribution in [3.8, 4) is 0 Å². The second-order valence-corrected chi connectivity index (χ2v) is 9.77. The Morgan fingerprint density at radius 1 is 0.926 bits per heavy atom. The number of amides is 1. The lowest BCUT2D eigenvalue weighted by Gasteiger charge is -2.31. The highest BCUT2D eigenvalue weighted by Crippen LogP contribution is 2.38. The van der Waals surface area contributed by atoms with Crippen molar-refractivity contribution in [3.05, 3.63) is 54.1 Å². The molecule has 0 radical (unpaired) electrons. The molecule has 5 nitrogen and oxygen atoms in total. The Bertz CT molecular complexity index is 939. The van der Waals surface area contributed by atoms with E-state index in [1.807, 2.05) is 17.0 Å². The molecule has 0 aromatic heterocycles. The predicted octanol–water partition coefficient (Wildman–Crippen LogP) is 3.61. The summed E-state index contributed by atoms with van der Waals surface area (Å²) in [6.45, 7) is 1.95. The maximum atomic E-state index is 13.2. The first-order valence-electron chi connectivity index (χ1n) is 9.21. The standard InChI is InChI=1S/C20H22N2O3S2/c23-20(21-11-5-2-6-12-21)16-9-10-19-18(15-16)22(13-14-26-19)27(24,25)17-7-3-1-4-8-17/h1,3-4,7-10,15H,2,5-6,11-14H2. The van der Waals surface area contributed by atoms with E-state index in [1.54, 1.807) is 48.2 Å². The van der Waals surface area contributed by atoms with Crippen molar-refractivity contribution in [1.82, 2.24) is 4.90 Å². The van der Waals surface area contributed by atoms with Crippen molar-refractivity contribution in [3.63, 3.8) is 0 Å². The van der Waals surface area contributed by atoms with Crippen molar-refractivity contribution in [2.75, 3.05) is 29.7 Å². The zero-order chi connectivity index (χ0) is 18.9. The molecule has 2 heterocycles. The van der Waals surface area contributed by atoms with E-state index in [9.17, 15) is 13.2 Å². The molecule has 27 heavy (non-hydrogen) atoms. The lowest BCUT2D eigenvalue weighted by atomic mass is 10.1. The highest BCUT2D eigenvalue weighted by atomic mass is 32.2. The lowest BCUT2D eigenvalue weighted by Crippen LogP contribution is -2.37. The minimum Gasteiger partial charge on any atom is -0.339 e. The third-order valence-electron chi connectivity index (χ3n) is 5.00. The van der Waals surface area contributed by atoms with Crippen LogP contribution in [0.15, 0.2) is 58.3 Å². The molecule has 2 aliphatic heterocycles. The van der Waals surface area contributed by atoms with E-state index in [0.717, 1.165) is 37.2 Å². The molecule has 0 atom stereocenters. The van der Waals surface area contributed by atoms with Crippen LogP contribution in [0, 0.1) is 0 Å². The van der Waals surface area contributed by atoms with Crippen LogP contribution in [0.4, 0.5) is 5.69 Å². The average Bonchev–Trinajstić information content (AvgIpc) is 2.73. The fraction of sp³-hybridized carbons (Fsp3) is 0.350. The van der Waals surface area contributed by atoms with Gasteiger partial charge in [0.15, 0.2) is 0 Å². The molecule has 2 aromatic rings. The lowest BCUT2D eigenvalue weighted by molar-refractivity contribution is 0.0724. The Hall–Kier alpha value is -1.99. The summed E-state index contributed by atoms with van der Waals surface area (Å²) in [4.78, 5) is 15.9. The Morgan fingerprint density at radius 2 is 1.67 bits per heavy atom. The van der Waals surface area contributed by atoms with E-state index in [0.29, 0.717) is 23.5 Å². The molecule has 2 aromatic carbocycles. The number of piperidine rings is 1. The van der Waals surface area contributed by atoms with Crippen LogP contribution in [0.3, 0.4) is 0 Å². The normalized spacial score (nSPS) is 17.5. The number of sulfonamides is 1. The van der Waals surface area contributed by atoms with Crippen LogP contribution in [-0.2, 0) is 10.0 Å². The molecule has 7 heteroatoms. The van der Waals surface area contributed by atoms with E-state index in [-0.39, 0.29) is 10.8 Å². The minimum atomic E-state index is -3.65. The van der Waals surface area contributed by atoms with Gasteiger partial charge in [-0.1, -0.05) is 18.2 Å². The summed E-state index contributed by atoms with van der Waals surface area (Å²) in [7, 11) is -3.65. The molecule has 0 N–H and O–H groups in total. The van der Waals surface area contributed by atoms with Crippen molar-refractivity contribution in [2.45, 2.75) is 29.1 Å². The van der Waals surface area contributed by atoms with Gasteiger partial charge in [-0.3, -0.25) is 9.10 Å². The van der Waals surface area contributed by atoms with Gasteiger partial charge >= 0.3 is 0 Å². The number of hydrogen-bond donors (Lipinski definition) is 0. The Morgan fingerprint density at radius 3 is 2.41 bits per heavy atom. The number of anilines is 1. The molecule has 2 aliphatic rings. The second-order valence-electron chi connectivity index (χ2n) is 6.77. The first-order chi connectivity index (χ1) is 13.1. The topological polar surface area (TPSA) is 57.7 Å². The summed E-state index contributed by atoms with van der Waals surface area (Å²) >= 11 is 1.63. The minimum absolute atomic E-state index is 0.00914. The smallest absolute Gasteiger partial charge is 0.264 e. The maximum Gasteiger partial charge on any atom is 0.264 e. The van der Waals surface area contributed by atoms with Crippen molar-refractivity contribution < 1.29 is 13.2 Å². The molecule has 1 fully saturated rings. The van der Waals surface area contributed by atoms with Gasteiger partial charge in [0.25, 0.3) is 15.9 Å². The van der Waals surface area contributed by atoms with Crippen molar-refractivity contribution >= 4 is 33.4 Å². The number of likely N-dealkylation sites (tertiary alicyclic amines) is 1. The number of carbonyl (C=O) groups excluding carboxylic acids is 1. The number of nitrogens with zero attached hydrogens (tertiary/aromatic N) is 2. The average molecular weight is 403 g/mol. The number of carbonyl (C=O) groups is 1. The van der Waals surface area contributed by atoms with Gasteiger partial charge in [0.05, 0.1) is 10.6 Å². The quantitative estimate of drug-likeness (QED) is 0.787. The van der Waals surface area contributed by atoms with Crippen LogP contribution in [0.5, 0.6) is 0 Å². The van der Waals surface area contributed by atoms with Gasteiger partial charge in [-0.15, -0.1) is 11.8 Å². The zero-order valence-corrected chi connectivity index (χ0v) is 16.6. The molecule has 1 saturated heterocycles. The summed E-state index contributed by atoms with van der Waals surface area (Å²) in [5, 5.41) is 0. The Kier molecular flexibility index (Phi) is 5.14. The fourth-order valence-electron chi connectivity index (χ4n) is 3.58. The Labute approximate surface area is 164 Å². The SMILES string of the molecule is O=C(c1ccc2c(c1)N(S(=O)(=O)c1ccccc1)CCS2)N1CCCCC1. The maximum absolute atomic E-state index is 13.2. The van der Waals surface area contributed by atoms with Crippen molar-refractivity contribution in [1.29, 1.82) is 0 Å². The third kappa shape index (κ3) is 3.58. The van der Waals surface area contributed by atoms with E-state index >= 15 is 0 Å². The number of hydrogen-bond acceptors (Lipinski definition) is 4. The molecule has 0 spiro atoms. The van der Waals surface area contributed by atoms with Crippen LogP contribution >= 0.6 is 11.8 Å². The van der Waals surface area contributed by atoms with Crippen LogP contribution in [-0.4, -0.2) is 44.6 Å². The number of rotatable bonds is 3. The number of benzene rings is 2. The van der Waals surface area contributed by atoms with E-state index < -0.39 is 10.0 Å². The predicted molar refractivity (Wildman–Crippen MR) is 108 cm³/mol. The Balaban J connectivity index is 1.70. The van der Waals surface area contributed by atoms with Crippen LogP contribution in [0.1, 0.15) is 29.6 Å². The van der Waals surface area contributed by atoms with Crippen LogP contribution < -0.4 is 4.31 Å². The molecule has 0 aliphatic carbocycles. The van der Waals surface area contributed by atoms with Gasteiger partial charge < -0.3 is 4.90 Å². The van der Waals surface area contributed by atoms with Crippen molar-refractivity contribution in [2.24, 2.45) is 0 Å². The van der Waals surface area contributed by atoms with Crippen LogP contribution in [0.25, 0.3) is 0 Å². The molecule has 4 rings (SSSR count). The van der Waals surface area contributed by atoms with Crippen LogP contribution in [0.2, 0.25) is 0 Å². The highest BCUT2D eigenvalue weighted by Gasteiger charge is 2.30. The monoisotopic (exact) mass is 402 g/mol. The molecule has 1 amide bonds. The summed E-state index contributed by atoms with van der Waals surface area (Å²) in [6, 6.07) is 13.9. The summed E-state index contributed by atoms with van der Waals surface area (Å²) in [6.07, 6.45) is 3.22. The largest absolute Gasteiger partial charge is 0.339 e. The number of thioether (sulfide) groups is 1. The molecule has 142 valence electrons. The second kappa shape index (κ2) is 7.56. The van der Waals surface area contributed by atoms with Gasteiger partial charge in [0.1, 0.15) is 0 Å². The van der Waals surface area contributed by atoms with Gasteiger partial charge in [-0.25, -0.2) is 8.42 Å². The fourth-order valence-corrected chi connectivity index (χ4v) is 6.22. The van der Waals surface area contributed by atoms with Gasteiger partial charge in [0, 0.05) is 35.8 Å². The third-order valence-corrected chi connectivity index (χ3v) is 7.87. The molecular weight excluding hydrogens is 380 g/mol. The first kappa shape index (κ1) is 18.4. The van der Waals surface area contributed by atoms with Gasteiger partial charge in [0.2, 0.25) is 0 Å². The van der Waals surface area contributed by atoms with E-state index in [4.69, 9.17) is 0 Å². The molecule has 0 bridgehead atoms. The summed E-state index contributed by atoms with van der Waals surface area (Å²) < 4.78 is 27.8. The number of fused-ring (bicyclic) bond motifs is 1. The summed E-state index contributed by atoms with van der Waals surface area (Å²) in [5.74, 6) is 0.684. The molecule has 0 saturated carbocycles. The van der Waals surface area contributed by atoms with E-state index in [1.165, 1.54) is 4.31 Å². The molecular formula is C20H22N2O3S2. The highest BCUT2D eigenvalue weighted by molar-refractivity contribution is 8.00. The van der Waals surface area contributed by atoms with Gasteiger partial charge in [-0.2, -0.15) is 0 Å². The van der Waals surface area contributed by atoms with E-state index in [2.05, 4.69) is 0 Å². The first-order valence-corrected chi connectivity index (χ1v) is 11.6. The summed E-state index contributed by atoms with van der Waals surface area (Å²) in [5.41, 5.74) is 1.17. The molecule has 0 unspecified atom stereocenters. The zero-order valence-electron chi connectivity index (χ0n) is 15.0. The van der Waals surface area contributed by atoms with Gasteiger partial charge in [-0.05, 0) is 49.6 Å².